The van der Waals surface area contributed by atoms with E-state index in [0.29, 0.717) is 6.04 Å². The fraction of sp³-hybridized carbons (Fsp3) is 0.562. The number of aryl methyl sites for hydroxylation is 1. The van der Waals surface area contributed by atoms with Gasteiger partial charge in [0.1, 0.15) is 0 Å². The summed E-state index contributed by atoms with van der Waals surface area (Å²) in [5, 5.41) is 0. The molecule has 0 spiro atoms. The number of hydrogen-bond acceptors (Lipinski definition) is 2. The molecule has 0 aliphatic carbocycles. The summed E-state index contributed by atoms with van der Waals surface area (Å²) in [5.41, 5.74) is 1.88. The highest BCUT2D eigenvalue weighted by atomic mass is 79.9. The van der Waals surface area contributed by atoms with Gasteiger partial charge in [-0.25, -0.2) is 0 Å². The number of piperidine rings is 1. The molecule has 1 aromatic rings. The fourth-order valence-electron chi connectivity index (χ4n) is 2.85. The molecular formula is C16H23BrN2O. The molecule has 0 radical (unpaired) electrons. The van der Waals surface area contributed by atoms with Crippen LogP contribution in [0.2, 0.25) is 0 Å². The molecule has 4 heteroatoms. The minimum Gasteiger partial charge on any atom is -0.339 e. The first-order valence-electron chi connectivity index (χ1n) is 7.28. The van der Waals surface area contributed by atoms with Crippen LogP contribution in [-0.4, -0.2) is 48.4 Å². The summed E-state index contributed by atoms with van der Waals surface area (Å²) in [7, 11) is 1.94. The van der Waals surface area contributed by atoms with Crippen LogP contribution in [0.4, 0.5) is 0 Å². The van der Waals surface area contributed by atoms with Crippen LogP contribution in [0.1, 0.15) is 35.7 Å². The highest BCUT2D eigenvalue weighted by Crippen LogP contribution is 2.20. The fourth-order valence-corrected chi connectivity index (χ4v) is 3.46. The van der Waals surface area contributed by atoms with Gasteiger partial charge < -0.3 is 9.80 Å². The number of halogens is 1. The lowest BCUT2D eigenvalue weighted by molar-refractivity contribution is 0.0646. The minimum atomic E-state index is 0.129. The Kier molecular flexibility index (Phi) is 5.22. The zero-order valence-corrected chi connectivity index (χ0v) is 14.1. The van der Waals surface area contributed by atoms with Gasteiger partial charge in [0.25, 0.3) is 5.91 Å². The Morgan fingerprint density at radius 2 is 2.00 bits per heavy atom. The number of benzene rings is 1. The molecule has 2 rings (SSSR count). The van der Waals surface area contributed by atoms with E-state index in [1.54, 1.807) is 0 Å². The Bertz CT molecular complexity index is 461. The Morgan fingerprint density at radius 3 is 2.55 bits per heavy atom. The van der Waals surface area contributed by atoms with Crippen molar-refractivity contribution in [1.82, 2.24) is 9.80 Å². The van der Waals surface area contributed by atoms with Crippen LogP contribution < -0.4 is 0 Å². The number of rotatable bonds is 3. The van der Waals surface area contributed by atoms with Crippen molar-refractivity contribution in [2.24, 2.45) is 0 Å². The first-order valence-corrected chi connectivity index (χ1v) is 8.07. The lowest BCUT2D eigenvalue weighted by atomic mass is 10.0. The number of amides is 1. The average Bonchev–Trinajstić information content (AvgIpc) is 2.45. The molecule has 1 amide bonds. The normalized spacial score (nSPS) is 17.2. The molecule has 1 heterocycles. The quantitative estimate of drug-likeness (QED) is 0.844. The van der Waals surface area contributed by atoms with Gasteiger partial charge in [-0.3, -0.25) is 4.79 Å². The number of carbonyl (C=O) groups excluding carboxylic acids is 1. The monoisotopic (exact) mass is 338 g/mol. The largest absolute Gasteiger partial charge is 0.339 e. The second kappa shape index (κ2) is 6.72. The molecule has 3 nitrogen and oxygen atoms in total. The highest BCUT2D eigenvalue weighted by Gasteiger charge is 2.25. The summed E-state index contributed by atoms with van der Waals surface area (Å²) >= 11 is 3.47. The van der Waals surface area contributed by atoms with Crippen LogP contribution in [0.25, 0.3) is 0 Å². The molecule has 1 aliphatic rings. The molecule has 0 unspecified atom stereocenters. The van der Waals surface area contributed by atoms with E-state index in [0.717, 1.165) is 48.1 Å². The number of carbonyl (C=O) groups is 1. The average molecular weight is 339 g/mol. The van der Waals surface area contributed by atoms with Crippen LogP contribution in [0.3, 0.4) is 0 Å². The van der Waals surface area contributed by atoms with E-state index in [2.05, 4.69) is 27.8 Å². The number of nitrogens with zero attached hydrogens (tertiary/aromatic N) is 2. The molecule has 1 aliphatic heterocycles. The predicted molar refractivity (Wildman–Crippen MR) is 86.1 cm³/mol. The maximum atomic E-state index is 12.6. The number of hydrogen-bond donors (Lipinski definition) is 0. The molecular weight excluding hydrogens is 316 g/mol. The van der Waals surface area contributed by atoms with Gasteiger partial charge in [-0.1, -0.05) is 22.9 Å². The lowest BCUT2D eigenvalue weighted by Crippen LogP contribution is -2.45. The minimum absolute atomic E-state index is 0.129. The van der Waals surface area contributed by atoms with Gasteiger partial charge in [-0.2, -0.15) is 0 Å². The van der Waals surface area contributed by atoms with Gasteiger partial charge in [-0.15, -0.1) is 0 Å². The Morgan fingerprint density at radius 1 is 1.35 bits per heavy atom. The van der Waals surface area contributed by atoms with Gasteiger partial charge in [0.2, 0.25) is 0 Å². The molecule has 0 aromatic heterocycles. The standard InChI is InChI=1S/C16H23BrN2O/c1-4-19-7-5-15(6-8-19)18(3)16(20)13-9-12(2)10-14(17)11-13/h9-11,15H,4-8H2,1-3H3. The van der Waals surface area contributed by atoms with Crippen molar-refractivity contribution >= 4 is 21.8 Å². The lowest BCUT2D eigenvalue weighted by Gasteiger charge is -2.36. The van der Waals surface area contributed by atoms with Crippen LogP contribution in [0.15, 0.2) is 22.7 Å². The highest BCUT2D eigenvalue weighted by molar-refractivity contribution is 9.10. The van der Waals surface area contributed by atoms with Crippen molar-refractivity contribution in [1.29, 1.82) is 0 Å². The molecule has 110 valence electrons. The van der Waals surface area contributed by atoms with Crippen molar-refractivity contribution in [3.63, 3.8) is 0 Å². The number of likely N-dealkylation sites (tertiary alicyclic amines) is 1. The summed E-state index contributed by atoms with van der Waals surface area (Å²) in [6.45, 7) is 7.50. The summed E-state index contributed by atoms with van der Waals surface area (Å²) in [4.78, 5) is 17.0. The van der Waals surface area contributed by atoms with Crippen molar-refractivity contribution in [3.8, 4) is 0 Å². The Balaban J connectivity index is 2.05. The summed E-state index contributed by atoms with van der Waals surface area (Å²) in [5.74, 6) is 0.129. The molecule has 20 heavy (non-hydrogen) atoms. The molecule has 0 saturated carbocycles. The molecule has 0 bridgehead atoms. The predicted octanol–water partition coefficient (Wildman–Crippen LogP) is 3.31. The molecule has 1 aromatic carbocycles. The second-order valence-corrected chi connectivity index (χ2v) is 6.51. The Hall–Kier alpha value is -0.870. The third-order valence-electron chi connectivity index (χ3n) is 4.16. The maximum absolute atomic E-state index is 12.6. The third-order valence-corrected chi connectivity index (χ3v) is 4.62. The van der Waals surface area contributed by atoms with Crippen LogP contribution >= 0.6 is 15.9 Å². The van der Waals surface area contributed by atoms with E-state index in [1.807, 2.05) is 37.1 Å². The van der Waals surface area contributed by atoms with Crippen molar-refractivity contribution in [2.45, 2.75) is 32.7 Å². The van der Waals surface area contributed by atoms with Gasteiger partial charge in [0, 0.05) is 36.2 Å². The van der Waals surface area contributed by atoms with Gasteiger partial charge in [0.05, 0.1) is 0 Å². The molecule has 0 N–H and O–H groups in total. The van der Waals surface area contributed by atoms with Crippen LogP contribution in [-0.2, 0) is 0 Å². The molecule has 1 fully saturated rings. The van der Waals surface area contributed by atoms with E-state index in [1.165, 1.54) is 0 Å². The van der Waals surface area contributed by atoms with Crippen molar-refractivity contribution in [2.75, 3.05) is 26.7 Å². The summed E-state index contributed by atoms with van der Waals surface area (Å²) in [6, 6.07) is 6.26. The van der Waals surface area contributed by atoms with E-state index >= 15 is 0 Å². The SMILES string of the molecule is CCN1CCC(N(C)C(=O)c2cc(C)cc(Br)c2)CC1. The third kappa shape index (κ3) is 3.61. The van der Waals surface area contributed by atoms with E-state index in [4.69, 9.17) is 0 Å². The van der Waals surface area contributed by atoms with Crippen LogP contribution in [0, 0.1) is 6.92 Å². The van der Waals surface area contributed by atoms with Gasteiger partial charge in [-0.05, 0) is 50.1 Å². The topological polar surface area (TPSA) is 23.6 Å². The van der Waals surface area contributed by atoms with Crippen LogP contribution in [0.5, 0.6) is 0 Å². The summed E-state index contributed by atoms with van der Waals surface area (Å²) < 4.78 is 0.968. The maximum Gasteiger partial charge on any atom is 0.253 e. The zero-order chi connectivity index (χ0) is 14.7. The second-order valence-electron chi connectivity index (χ2n) is 5.60. The van der Waals surface area contributed by atoms with E-state index in [-0.39, 0.29) is 5.91 Å². The van der Waals surface area contributed by atoms with Gasteiger partial charge >= 0.3 is 0 Å². The van der Waals surface area contributed by atoms with Crippen molar-refractivity contribution in [3.05, 3.63) is 33.8 Å². The zero-order valence-electron chi connectivity index (χ0n) is 12.5. The van der Waals surface area contributed by atoms with Crippen molar-refractivity contribution < 1.29 is 4.79 Å². The molecule has 1 saturated heterocycles. The van der Waals surface area contributed by atoms with Gasteiger partial charge in [0.15, 0.2) is 0 Å². The first-order chi connectivity index (χ1) is 9.51. The molecule has 0 atom stereocenters. The van der Waals surface area contributed by atoms with E-state index < -0.39 is 0 Å². The Labute approximate surface area is 130 Å². The first kappa shape index (κ1) is 15.5. The smallest absolute Gasteiger partial charge is 0.253 e. The van der Waals surface area contributed by atoms with E-state index in [9.17, 15) is 4.79 Å². The summed E-state index contributed by atoms with van der Waals surface area (Å²) in [6.07, 6.45) is 2.14.